The van der Waals surface area contributed by atoms with Crippen LogP contribution in [0.2, 0.25) is 0 Å². The van der Waals surface area contributed by atoms with E-state index in [2.05, 4.69) is 16.9 Å². The van der Waals surface area contributed by atoms with E-state index in [1.807, 2.05) is 18.7 Å². The van der Waals surface area contributed by atoms with Crippen LogP contribution in [0.15, 0.2) is 0 Å². The first kappa shape index (κ1) is 13.2. The molecule has 0 aromatic heterocycles. The molecule has 1 amide bonds. The number of hydrogen-bond donors (Lipinski definition) is 2. The molecule has 0 radical (unpaired) electrons. The molecule has 2 aliphatic rings. The largest absolute Gasteiger partial charge is 0.351 e. The van der Waals surface area contributed by atoms with Crippen molar-refractivity contribution < 1.29 is 4.79 Å². The monoisotopic (exact) mass is 256 g/mol. The molecule has 2 fully saturated rings. The Bertz CT molecular complexity index is 277. The highest BCUT2D eigenvalue weighted by Gasteiger charge is 2.37. The summed E-state index contributed by atoms with van der Waals surface area (Å²) in [6.07, 6.45) is 9.11. The topological polar surface area (TPSA) is 41.1 Å². The van der Waals surface area contributed by atoms with E-state index >= 15 is 0 Å². The fourth-order valence-corrected chi connectivity index (χ4v) is 3.89. The van der Waals surface area contributed by atoms with Crippen molar-refractivity contribution in [2.45, 2.75) is 62.3 Å². The molecule has 0 spiro atoms. The predicted molar refractivity (Wildman–Crippen MR) is 73.3 cm³/mol. The number of piperidine rings is 1. The number of thioether (sulfide) groups is 1. The smallest absolute Gasteiger partial charge is 0.240 e. The molecular weight excluding hydrogens is 232 g/mol. The van der Waals surface area contributed by atoms with Crippen LogP contribution in [0.5, 0.6) is 0 Å². The minimum absolute atomic E-state index is 0.211. The Morgan fingerprint density at radius 2 is 2.18 bits per heavy atom. The highest BCUT2D eigenvalue weighted by molar-refractivity contribution is 7.99. The number of carbonyl (C=O) groups is 1. The molecule has 3 unspecified atom stereocenters. The second-order valence-electron chi connectivity index (χ2n) is 5.50. The molecule has 0 bridgehead atoms. The van der Waals surface area contributed by atoms with Gasteiger partial charge >= 0.3 is 0 Å². The van der Waals surface area contributed by atoms with Crippen LogP contribution in [0.1, 0.15) is 45.4 Å². The van der Waals surface area contributed by atoms with Gasteiger partial charge in [-0.2, -0.15) is 11.8 Å². The van der Waals surface area contributed by atoms with Crippen molar-refractivity contribution in [2.24, 2.45) is 0 Å². The van der Waals surface area contributed by atoms with Crippen molar-refractivity contribution in [3.63, 3.8) is 0 Å². The molecule has 0 aromatic carbocycles. The van der Waals surface area contributed by atoms with Gasteiger partial charge in [0.25, 0.3) is 0 Å². The minimum atomic E-state index is -0.330. The lowest BCUT2D eigenvalue weighted by molar-refractivity contribution is -0.128. The molecule has 1 saturated carbocycles. The molecule has 3 nitrogen and oxygen atoms in total. The molecule has 3 atom stereocenters. The van der Waals surface area contributed by atoms with E-state index in [-0.39, 0.29) is 11.4 Å². The quantitative estimate of drug-likeness (QED) is 0.810. The van der Waals surface area contributed by atoms with Crippen molar-refractivity contribution in [2.75, 3.05) is 12.8 Å². The second kappa shape index (κ2) is 5.61. The lowest BCUT2D eigenvalue weighted by atomic mass is 9.90. The number of hydrogen-bond acceptors (Lipinski definition) is 3. The summed E-state index contributed by atoms with van der Waals surface area (Å²) in [6, 6.07) is 0.387. The van der Waals surface area contributed by atoms with Crippen molar-refractivity contribution >= 4 is 17.7 Å². The van der Waals surface area contributed by atoms with E-state index < -0.39 is 0 Å². The molecule has 1 heterocycles. The second-order valence-corrected chi connectivity index (χ2v) is 6.58. The summed E-state index contributed by atoms with van der Waals surface area (Å²) in [7, 11) is 0. The van der Waals surface area contributed by atoms with Crippen LogP contribution >= 0.6 is 11.8 Å². The minimum Gasteiger partial charge on any atom is -0.351 e. The summed E-state index contributed by atoms with van der Waals surface area (Å²) < 4.78 is 0. The van der Waals surface area contributed by atoms with Crippen molar-refractivity contribution in [3.05, 3.63) is 0 Å². The molecule has 1 aliphatic carbocycles. The van der Waals surface area contributed by atoms with Crippen LogP contribution in [0, 0.1) is 0 Å². The average Bonchev–Trinajstić information content (AvgIpc) is 2.77. The lowest BCUT2D eigenvalue weighted by Crippen LogP contribution is -2.59. The molecule has 98 valence electrons. The summed E-state index contributed by atoms with van der Waals surface area (Å²) in [5.74, 6) is 0.211. The highest BCUT2D eigenvalue weighted by Crippen LogP contribution is 2.29. The molecule has 17 heavy (non-hydrogen) atoms. The van der Waals surface area contributed by atoms with Gasteiger partial charge in [0.05, 0.1) is 5.54 Å². The van der Waals surface area contributed by atoms with Crippen LogP contribution < -0.4 is 10.6 Å². The SMILES string of the molecule is CSC1CCCC1NC(=O)C1(C)CCCCN1. The van der Waals surface area contributed by atoms with Gasteiger partial charge in [0.2, 0.25) is 5.91 Å². The van der Waals surface area contributed by atoms with Gasteiger partial charge in [-0.15, -0.1) is 0 Å². The van der Waals surface area contributed by atoms with Gasteiger partial charge in [-0.05, 0) is 51.8 Å². The normalized spacial score (nSPS) is 38.0. The third-order valence-corrected chi connectivity index (χ3v) is 5.36. The Morgan fingerprint density at radius 3 is 2.82 bits per heavy atom. The maximum absolute atomic E-state index is 12.4. The van der Waals surface area contributed by atoms with Gasteiger partial charge in [0, 0.05) is 11.3 Å². The first-order valence-electron chi connectivity index (χ1n) is 6.74. The molecule has 2 rings (SSSR count). The van der Waals surface area contributed by atoms with Crippen LogP contribution in [0.25, 0.3) is 0 Å². The van der Waals surface area contributed by atoms with Gasteiger partial charge in [0.1, 0.15) is 0 Å². The maximum atomic E-state index is 12.4. The third-order valence-electron chi connectivity index (χ3n) is 4.19. The van der Waals surface area contributed by atoms with E-state index in [4.69, 9.17) is 0 Å². The lowest BCUT2D eigenvalue weighted by Gasteiger charge is -2.35. The zero-order valence-corrected chi connectivity index (χ0v) is 11.7. The van der Waals surface area contributed by atoms with E-state index in [9.17, 15) is 4.79 Å². The van der Waals surface area contributed by atoms with Crippen molar-refractivity contribution in [1.82, 2.24) is 10.6 Å². The average molecular weight is 256 g/mol. The number of rotatable bonds is 3. The first-order chi connectivity index (χ1) is 8.15. The molecule has 1 saturated heterocycles. The number of amides is 1. The number of nitrogens with one attached hydrogen (secondary N) is 2. The predicted octanol–water partition coefficient (Wildman–Crippen LogP) is 1.92. The van der Waals surface area contributed by atoms with Gasteiger partial charge in [-0.3, -0.25) is 4.79 Å². The zero-order valence-electron chi connectivity index (χ0n) is 10.9. The summed E-state index contributed by atoms with van der Waals surface area (Å²) in [5.41, 5.74) is -0.330. The van der Waals surface area contributed by atoms with Crippen LogP contribution in [0.3, 0.4) is 0 Å². The molecule has 2 N–H and O–H groups in total. The van der Waals surface area contributed by atoms with E-state index in [0.717, 1.165) is 25.8 Å². The summed E-state index contributed by atoms with van der Waals surface area (Å²) >= 11 is 1.89. The van der Waals surface area contributed by atoms with Crippen molar-refractivity contribution in [1.29, 1.82) is 0 Å². The van der Waals surface area contributed by atoms with E-state index in [1.54, 1.807) is 0 Å². The fraction of sp³-hybridized carbons (Fsp3) is 0.923. The summed E-state index contributed by atoms with van der Waals surface area (Å²) in [4.78, 5) is 12.4. The van der Waals surface area contributed by atoms with Gasteiger partial charge in [-0.25, -0.2) is 0 Å². The summed E-state index contributed by atoms with van der Waals surface area (Å²) in [5, 5.41) is 7.27. The van der Waals surface area contributed by atoms with Crippen molar-refractivity contribution in [3.8, 4) is 0 Å². The van der Waals surface area contributed by atoms with Crippen LogP contribution in [-0.2, 0) is 4.79 Å². The standard InChI is InChI=1S/C13H24N2OS/c1-13(8-3-4-9-14-13)12(16)15-10-6-5-7-11(10)17-2/h10-11,14H,3-9H2,1-2H3,(H,15,16). The third kappa shape index (κ3) is 2.97. The van der Waals surface area contributed by atoms with E-state index in [0.29, 0.717) is 11.3 Å². The van der Waals surface area contributed by atoms with Gasteiger partial charge < -0.3 is 10.6 Å². The molecular formula is C13H24N2OS. The Labute approximate surface area is 108 Å². The summed E-state index contributed by atoms with van der Waals surface area (Å²) in [6.45, 7) is 3.02. The maximum Gasteiger partial charge on any atom is 0.240 e. The Hall–Kier alpha value is -0.220. The van der Waals surface area contributed by atoms with Gasteiger partial charge in [-0.1, -0.05) is 6.42 Å². The molecule has 4 heteroatoms. The van der Waals surface area contributed by atoms with Crippen LogP contribution in [-0.4, -0.2) is 35.5 Å². The number of carbonyl (C=O) groups excluding carboxylic acids is 1. The fourth-order valence-electron chi connectivity index (χ4n) is 2.95. The van der Waals surface area contributed by atoms with Gasteiger partial charge in [0.15, 0.2) is 0 Å². The first-order valence-corrected chi connectivity index (χ1v) is 8.03. The zero-order chi connectivity index (χ0) is 12.3. The molecule has 1 aliphatic heterocycles. The highest BCUT2D eigenvalue weighted by atomic mass is 32.2. The van der Waals surface area contributed by atoms with Crippen LogP contribution in [0.4, 0.5) is 0 Å². The molecule has 0 aromatic rings. The Kier molecular flexibility index (Phi) is 4.36. The Morgan fingerprint density at radius 1 is 1.35 bits per heavy atom. The van der Waals surface area contributed by atoms with E-state index in [1.165, 1.54) is 19.3 Å². The Balaban J connectivity index is 1.91.